The van der Waals surface area contributed by atoms with Gasteiger partial charge in [-0.2, -0.15) is 5.10 Å². The molecule has 0 bridgehead atoms. The lowest BCUT2D eigenvalue weighted by Crippen LogP contribution is -2.44. The number of carbonyl (C=O) groups is 2. The fourth-order valence-corrected chi connectivity index (χ4v) is 4.21. The molecule has 0 atom stereocenters. The van der Waals surface area contributed by atoms with Crippen LogP contribution in [0.25, 0.3) is 11.5 Å². The van der Waals surface area contributed by atoms with Crippen LogP contribution in [0.3, 0.4) is 0 Å². The second-order valence-electron chi connectivity index (χ2n) is 8.71. The van der Waals surface area contributed by atoms with Gasteiger partial charge in [-0.3, -0.25) is 14.3 Å². The van der Waals surface area contributed by atoms with Gasteiger partial charge in [-0.15, -0.1) is 0 Å². The van der Waals surface area contributed by atoms with Crippen LogP contribution in [0.4, 0.5) is 0 Å². The number of nitrogens with one attached hydrogen (secondary N) is 1. The highest BCUT2D eigenvalue weighted by Crippen LogP contribution is 2.23. The Morgan fingerprint density at radius 3 is 2.68 bits per heavy atom. The predicted molar refractivity (Wildman–Crippen MR) is 126 cm³/mol. The van der Waals surface area contributed by atoms with Crippen molar-refractivity contribution in [1.29, 1.82) is 0 Å². The average Bonchev–Trinajstić information content (AvgIpc) is 3.47. The fourth-order valence-electron chi connectivity index (χ4n) is 4.21. The molecule has 1 N–H and O–H groups in total. The van der Waals surface area contributed by atoms with Crippen molar-refractivity contribution < 1.29 is 18.7 Å². The van der Waals surface area contributed by atoms with Gasteiger partial charge in [0, 0.05) is 20.1 Å². The van der Waals surface area contributed by atoms with Crippen molar-refractivity contribution in [3.8, 4) is 17.2 Å². The van der Waals surface area contributed by atoms with Gasteiger partial charge in [-0.1, -0.05) is 19.3 Å². The van der Waals surface area contributed by atoms with Crippen LogP contribution in [0.5, 0.6) is 5.75 Å². The number of aryl methyl sites for hydroxylation is 2. The Hall–Kier alpha value is -3.62. The molecule has 1 fully saturated rings. The zero-order valence-electron chi connectivity index (χ0n) is 19.9. The molecule has 0 unspecified atom stereocenters. The van der Waals surface area contributed by atoms with Crippen LogP contribution in [0.1, 0.15) is 54.0 Å². The summed E-state index contributed by atoms with van der Waals surface area (Å²) < 4.78 is 13.2. The highest BCUT2D eigenvalue weighted by molar-refractivity contribution is 5.94. The number of furan rings is 1. The highest BCUT2D eigenvalue weighted by atomic mass is 16.5. The zero-order chi connectivity index (χ0) is 24.1. The zero-order valence-corrected chi connectivity index (χ0v) is 19.9. The number of nitrogens with zero attached hydrogens (tertiary/aromatic N) is 4. The van der Waals surface area contributed by atoms with E-state index in [4.69, 9.17) is 9.15 Å². The molecule has 9 heteroatoms. The Morgan fingerprint density at radius 1 is 1.21 bits per heavy atom. The molecule has 3 heterocycles. The molecule has 0 radical (unpaired) electrons. The van der Waals surface area contributed by atoms with E-state index in [2.05, 4.69) is 15.4 Å². The normalized spacial score (nSPS) is 14.1. The SMILES string of the molecule is Cc1cc(COc2ccc(-c3ccc(C(=O)NCC(=O)N(C)C4CCCCC4)o3)nc2)n(C)n1. The van der Waals surface area contributed by atoms with Gasteiger partial charge in [0.2, 0.25) is 5.91 Å². The number of pyridine rings is 1. The molecule has 1 saturated carbocycles. The van der Waals surface area contributed by atoms with Gasteiger partial charge >= 0.3 is 0 Å². The number of likely N-dealkylation sites (N-methyl/N-ethyl adjacent to an activating group) is 1. The van der Waals surface area contributed by atoms with Crippen LogP contribution in [-0.4, -0.2) is 51.1 Å². The van der Waals surface area contributed by atoms with Gasteiger partial charge in [0.15, 0.2) is 11.5 Å². The number of hydrogen-bond donors (Lipinski definition) is 1. The van der Waals surface area contributed by atoms with Gasteiger partial charge in [0.05, 0.1) is 24.1 Å². The van der Waals surface area contributed by atoms with E-state index in [1.807, 2.05) is 27.1 Å². The van der Waals surface area contributed by atoms with Gasteiger partial charge in [0.25, 0.3) is 5.91 Å². The van der Waals surface area contributed by atoms with Gasteiger partial charge in [-0.05, 0) is 50.1 Å². The fraction of sp³-hybridized carbons (Fsp3) is 0.440. The van der Waals surface area contributed by atoms with Crippen LogP contribution < -0.4 is 10.1 Å². The van der Waals surface area contributed by atoms with Crippen LogP contribution in [0.2, 0.25) is 0 Å². The maximum atomic E-state index is 12.5. The monoisotopic (exact) mass is 465 g/mol. The number of rotatable bonds is 8. The molecule has 180 valence electrons. The van der Waals surface area contributed by atoms with Gasteiger partial charge < -0.3 is 19.4 Å². The molecular weight excluding hydrogens is 434 g/mol. The predicted octanol–water partition coefficient (Wildman–Crippen LogP) is 3.48. The molecule has 9 nitrogen and oxygen atoms in total. The van der Waals surface area contributed by atoms with Crippen molar-refractivity contribution >= 4 is 11.8 Å². The number of ether oxygens (including phenoxy) is 1. The third-order valence-corrected chi connectivity index (χ3v) is 6.22. The molecule has 0 aliphatic heterocycles. The summed E-state index contributed by atoms with van der Waals surface area (Å²) in [6, 6.07) is 9.07. The van der Waals surface area contributed by atoms with E-state index in [1.165, 1.54) is 6.42 Å². The summed E-state index contributed by atoms with van der Waals surface area (Å²) in [6.07, 6.45) is 7.19. The first-order valence-corrected chi connectivity index (χ1v) is 11.6. The maximum absolute atomic E-state index is 12.5. The lowest BCUT2D eigenvalue weighted by atomic mass is 9.94. The molecule has 34 heavy (non-hydrogen) atoms. The molecule has 1 aliphatic rings. The second-order valence-corrected chi connectivity index (χ2v) is 8.71. The smallest absolute Gasteiger partial charge is 0.287 e. The third-order valence-electron chi connectivity index (χ3n) is 6.22. The Bertz CT molecular complexity index is 1130. The Labute approximate surface area is 199 Å². The van der Waals surface area contributed by atoms with Gasteiger partial charge in [0.1, 0.15) is 18.1 Å². The molecule has 4 rings (SSSR count). The van der Waals surface area contributed by atoms with E-state index in [0.717, 1.165) is 37.1 Å². The standard InChI is InChI=1S/C25H31N5O4/c1-17-13-19(30(3)28-17)16-33-20-9-10-21(26-14-20)22-11-12-23(34-22)25(32)27-15-24(31)29(2)18-7-5-4-6-8-18/h9-14,18H,4-8,15-16H2,1-3H3,(H,27,32). The number of carbonyl (C=O) groups excluding carboxylic acids is 2. The van der Waals surface area contributed by atoms with Crippen molar-refractivity contribution in [2.45, 2.75) is 51.7 Å². The molecule has 1 aliphatic carbocycles. The van der Waals surface area contributed by atoms with Crippen molar-refractivity contribution in [3.05, 3.63) is 53.7 Å². The van der Waals surface area contributed by atoms with E-state index >= 15 is 0 Å². The molecule has 3 aromatic heterocycles. The van der Waals surface area contributed by atoms with E-state index < -0.39 is 5.91 Å². The maximum Gasteiger partial charge on any atom is 0.287 e. The van der Waals surface area contributed by atoms with E-state index in [9.17, 15) is 9.59 Å². The van der Waals surface area contributed by atoms with E-state index in [-0.39, 0.29) is 24.3 Å². The minimum absolute atomic E-state index is 0.0532. The lowest BCUT2D eigenvalue weighted by molar-refractivity contribution is -0.131. The van der Waals surface area contributed by atoms with Crippen LogP contribution in [-0.2, 0) is 18.4 Å². The Morgan fingerprint density at radius 2 is 2.00 bits per heavy atom. The van der Waals surface area contributed by atoms with Crippen LogP contribution in [0.15, 0.2) is 40.9 Å². The number of hydrogen-bond acceptors (Lipinski definition) is 6. The summed E-state index contributed by atoms with van der Waals surface area (Å²) in [5.74, 6) is 0.697. The lowest BCUT2D eigenvalue weighted by Gasteiger charge is -2.31. The number of aromatic nitrogens is 3. The molecule has 0 spiro atoms. The minimum atomic E-state index is -0.428. The molecular formula is C25H31N5O4. The first kappa shape index (κ1) is 23.5. The van der Waals surface area contributed by atoms with E-state index in [1.54, 1.807) is 40.0 Å². The first-order chi connectivity index (χ1) is 16.4. The summed E-state index contributed by atoms with van der Waals surface area (Å²) in [5, 5.41) is 6.96. The van der Waals surface area contributed by atoms with E-state index in [0.29, 0.717) is 23.8 Å². The quantitative estimate of drug-likeness (QED) is 0.546. The molecule has 2 amide bonds. The van der Waals surface area contributed by atoms with Crippen molar-refractivity contribution in [3.63, 3.8) is 0 Å². The van der Waals surface area contributed by atoms with Crippen LogP contribution >= 0.6 is 0 Å². The molecule has 0 saturated heterocycles. The topological polar surface area (TPSA) is 102 Å². The molecule has 3 aromatic rings. The first-order valence-electron chi connectivity index (χ1n) is 11.6. The Kier molecular flexibility index (Phi) is 7.30. The minimum Gasteiger partial charge on any atom is -0.486 e. The summed E-state index contributed by atoms with van der Waals surface area (Å²) in [7, 11) is 3.69. The number of amides is 2. The van der Waals surface area contributed by atoms with Crippen LogP contribution in [0, 0.1) is 6.92 Å². The average molecular weight is 466 g/mol. The summed E-state index contributed by atoms with van der Waals surface area (Å²) in [6.45, 7) is 2.27. The second kappa shape index (κ2) is 10.5. The molecule has 0 aromatic carbocycles. The largest absolute Gasteiger partial charge is 0.486 e. The summed E-state index contributed by atoms with van der Waals surface area (Å²) in [5.41, 5.74) is 2.48. The highest BCUT2D eigenvalue weighted by Gasteiger charge is 2.23. The van der Waals surface area contributed by atoms with Crippen molar-refractivity contribution in [2.75, 3.05) is 13.6 Å². The van der Waals surface area contributed by atoms with Crippen molar-refractivity contribution in [1.82, 2.24) is 25.0 Å². The van der Waals surface area contributed by atoms with Gasteiger partial charge in [-0.25, -0.2) is 4.98 Å². The summed E-state index contributed by atoms with van der Waals surface area (Å²) in [4.78, 5) is 31.1. The Balaban J connectivity index is 1.29. The summed E-state index contributed by atoms with van der Waals surface area (Å²) >= 11 is 0. The third kappa shape index (κ3) is 5.65. The van der Waals surface area contributed by atoms with Crippen molar-refractivity contribution in [2.24, 2.45) is 7.05 Å².